The Morgan fingerprint density at radius 3 is 2.50 bits per heavy atom. The molecule has 0 aliphatic carbocycles. The zero-order valence-electron chi connectivity index (χ0n) is 23.1. The average Bonchev–Trinajstić information content (AvgIpc) is 3.48. The summed E-state index contributed by atoms with van der Waals surface area (Å²) in [5.74, 6) is 0.182. The molecule has 1 amide bonds. The largest absolute Gasteiger partial charge is 0.486 e. The van der Waals surface area contributed by atoms with Crippen molar-refractivity contribution in [2.45, 2.75) is 70.4 Å². The summed E-state index contributed by atoms with van der Waals surface area (Å²) < 4.78 is 17.5. The van der Waals surface area contributed by atoms with Gasteiger partial charge < -0.3 is 24.4 Å². The quantitative estimate of drug-likeness (QED) is 0.147. The van der Waals surface area contributed by atoms with Crippen molar-refractivity contribution in [2.75, 3.05) is 32.8 Å². The highest BCUT2D eigenvalue weighted by Crippen LogP contribution is 2.36. The standard InChI is InChI=1S/C30H39N3O7/c1-2-3-4-5-6-13-28(34)31-24(21-32-16-9-10-17-32)29(22-14-15-26-27(20-22)39-19-18-38-26)40-30(35)23-11-7-8-12-25(23)33(36)37/h7-8,11-12,14-15,20,24,29H,2-6,9-10,13,16-19,21H2,1H3,(H,31,34). The van der Waals surface area contributed by atoms with E-state index < -0.39 is 23.0 Å². The molecule has 4 rings (SSSR count). The number of nitrogens with one attached hydrogen (secondary N) is 1. The first-order chi connectivity index (χ1) is 19.5. The van der Waals surface area contributed by atoms with Crippen LogP contribution < -0.4 is 14.8 Å². The van der Waals surface area contributed by atoms with Gasteiger partial charge in [0.15, 0.2) is 11.5 Å². The van der Waals surface area contributed by atoms with E-state index in [1.807, 2.05) is 0 Å². The summed E-state index contributed by atoms with van der Waals surface area (Å²) in [6.07, 6.45) is 6.72. The van der Waals surface area contributed by atoms with Crippen LogP contribution in [0.15, 0.2) is 42.5 Å². The van der Waals surface area contributed by atoms with Crippen LogP contribution in [0.2, 0.25) is 0 Å². The molecule has 0 saturated carbocycles. The Morgan fingerprint density at radius 1 is 1.02 bits per heavy atom. The van der Waals surface area contributed by atoms with Crippen molar-refractivity contribution < 1.29 is 28.7 Å². The van der Waals surface area contributed by atoms with Crippen molar-refractivity contribution in [3.05, 3.63) is 63.7 Å². The van der Waals surface area contributed by atoms with E-state index in [0.29, 0.717) is 43.2 Å². The van der Waals surface area contributed by atoms with Gasteiger partial charge in [-0.25, -0.2) is 4.79 Å². The third-order valence-electron chi connectivity index (χ3n) is 7.32. The number of ether oxygens (including phenoxy) is 3. The Kier molecular flexibility index (Phi) is 10.7. The maximum Gasteiger partial charge on any atom is 0.345 e. The Bertz CT molecular complexity index is 1170. The van der Waals surface area contributed by atoms with E-state index in [9.17, 15) is 19.7 Å². The third kappa shape index (κ3) is 7.94. The van der Waals surface area contributed by atoms with Crippen LogP contribution in [-0.2, 0) is 9.53 Å². The monoisotopic (exact) mass is 553 g/mol. The fraction of sp³-hybridized carbons (Fsp3) is 0.533. The summed E-state index contributed by atoms with van der Waals surface area (Å²) in [5.41, 5.74) is 0.140. The SMILES string of the molecule is CCCCCCCC(=O)NC(CN1CCCC1)C(OC(=O)c1ccccc1[N+](=O)[O-])c1ccc2c(c1)OCCO2. The lowest BCUT2D eigenvalue weighted by atomic mass is 9.99. The van der Waals surface area contributed by atoms with Crippen LogP contribution in [0.1, 0.15) is 80.3 Å². The number of para-hydroxylation sites is 1. The number of amides is 1. The maximum atomic E-state index is 13.4. The van der Waals surface area contributed by atoms with Crippen molar-refractivity contribution in [3.63, 3.8) is 0 Å². The number of likely N-dealkylation sites (tertiary alicyclic amines) is 1. The van der Waals surface area contributed by atoms with E-state index in [0.717, 1.165) is 58.0 Å². The first kappa shape index (κ1) is 29.3. The fourth-order valence-electron chi connectivity index (χ4n) is 5.23. The lowest BCUT2D eigenvalue weighted by Crippen LogP contribution is -2.47. The number of carbonyl (C=O) groups excluding carboxylic acids is 2. The van der Waals surface area contributed by atoms with Gasteiger partial charge in [-0.1, -0.05) is 50.8 Å². The molecule has 2 unspecified atom stereocenters. The van der Waals surface area contributed by atoms with E-state index >= 15 is 0 Å². The van der Waals surface area contributed by atoms with Crippen LogP contribution in [0.5, 0.6) is 11.5 Å². The number of nitro groups is 1. The summed E-state index contributed by atoms with van der Waals surface area (Å²) >= 11 is 0. The van der Waals surface area contributed by atoms with Gasteiger partial charge in [-0.05, 0) is 56.1 Å². The molecule has 10 heteroatoms. The van der Waals surface area contributed by atoms with Crippen LogP contribution in [0, 0.1) is 10.1 Å². The number of nitro benzene ring substituents is 1. The van der Waals surface area contributed by atoms with Gasteiger partial charge in [0.25, 0.3) is 5.69 Å². The summed E-state index contributed by atoms with van der Waals surface area (Å²) in [6, 6.07) is 10.5. The highest BCUT2D eigenvalue weighted by atomic mass is 16.6. The van der Waals surface area contributed by atoms with E-state index in [1.54, 1.807) is 24.3 Å². The molecule has 1 saturated heterocycles. The van der Waals surface area contributed by atoms with Crippen molar-refractivity contribution in [1.29, 1.82) is 0 Å². The molecule has 2 atom stereocenters. The van der Waals surface area contributed by atoms with Gasteiger partial charge >= 0.3 is 5.97 Å². The van der Waals surface area contributed by atoms with E-state index in [2.05, 4.69) is 17.1 Å². The van der Waals surface area contributed by atoms with Crippen molar-refractivity contribution >= 4 is 17.6 Å². The average molecular weight is 554 g/mol. The number of hydrogen-bond acceptors (Lipinski definition) is 8. The summed E-state index contributed by atoms with van der Waals surface area (Å²) in [5, 5.41) is 14.8. The molecule has 0 aromatic heterocycles. The van der Waals surface area contributed by atoms with Gasteiger partial charge in [0, 0.05) is 19.0 Å². The molecule has 2 aliphatic heterocycles. The van der Waals surface area contributed by atoms with Crippen molar-refractivity contribution in [3.8, 4) is 11.5 Å². The second-order valence-electron chi connectivity index (χ2n) is 10.3. The number of rotatable bonds is 14. The van der Waals surface area contributed by atoms with Gasteiger partial charge in [-0.15, -0.1) is 0 Å². The first-order valence-electron chi connectivity index (χ1n) is 14.3. The molecule has 216 valence electrons. The Balaban J connectivity index is 1.63. The molecule has 2 aliphatic rings. The highest BCUT2D eigenvalue weighted by Gasteiger charge is 2.34. The normalized spacial score (nSPS) is 16.2. The molecule has 0 spiro atoms. The van der Waals surface area contributed by atoms with Crippen molar-refractivity contribution in [1.82, 2.24) is 10.2 Å². The Hall–Kier alpha value is -3.66. The zero-order chi connectivity index (χ0) is 28.3. The van der Waals surface area contributed by atoms with Gasteiger partial charge in [-0.2, -0.15) is 0 Å². The minimum Gasteiger partial charge on any atom is -0.486 e. The second kappa shape index (κ2) is 14.6. The van der Waals surface area contributed by atoms with Crippen LogP contribution in [0.25, 0.3) is 0 Å². The Labute approximate surface area is 235 Å². The van der Waals surface area contributed by atoms with Crippen LogP contribution in [-0.4, -0.2) is 60.6 Å². The molecule has 40 heavy (non-hydrogen) atoms. The van der Waals surface area contributed by atoms with Gasteiger partial charge in [0.1, 0.15) is 24.9 Å². The number of benzene rings is 2. The summed E-state index contributed by atoms with van der Waals surface area (Å²) in [7, 11) is 0. The molecule has 2 heterocycles. The predicted molar refractivity (Wildman–Crippen MR) is 150 cm³/mol. The molecule has 1 fully saturated rings. The van der Waals surface area contributed by atoms with Crippen LogP contribution in [0.4, 0.5) is 5.69 Å². The predicted octanol–water partition coefficient (Wildman–Crippen LogP) is 5.21. The van der Waals surface area contributed by atoms with E-state index in [-0.39, 0.29) is 17.2 Å². The minimum atomic E-state index is -0.909. The van der Waals surface area contributed by atoms with Gasteiger partial charge in [-0.3, -0.25) is 14.9 Å². The summed E-state index contributed by atoms with van der Waals surface area (Å²) in [6.45, 7) is 5.23. The zero-order valence-corrected chi connectivity index (χ0v) is 23.1. The number of nitrogens with zero attached hydrogens (tertiary/aromatic N) is 2. The molecule has 0 bridgehead atoms. The van der Waals surface area contributed by atoms with Gasteiger partial charge in [0.05, 0.1) is 11.0 Å². The molecular weight excluding hydrogens is 514 g/mol. The molecule has 1 N–H and O–H groups in total. The number of carbonyl (C=O) groups is 2. The minimum absolute atomic E-state index is 0.107. The molecule has 2 aromatic carbocycles. The summed E-state index contributed by atoms with van der Waals surface area (Å²) in [4.78, 5) is 39.8. The van der Waals surface area contributed by atoms with Crippen LogP contribution >= 0.6 is 0 Å². The number of esters is 1. The van der Waals surface area contributed by atoms with E-state index in [4.69, 9.17) is 14.2 Å². The lowest BCUT2D eigenvalue weighted by Gasteiger charge is -2.32. The lowest BCUT2D eigenvalue weighted by molar-refractivity contribution is -0.385. The molecule has 10 nitrogen and oxygen atoms in total. The highest BCUT2D eigenvalue weighted by molar-refractivity contribution is 5.94. The van der Waals surface area contributed by atoms with Crippen LogP contribution in [0.3, 0.4) is 0 Å². The molecule has 0 radical (unpaired) electrons. The number of fused-ring (bicyclic) bond motifs is 1. The fourth-order valence-corrected chi connectivity index (χ4v) is 5.23. The number of unbranched alkanes of at least 4 members (excludes halogenated alkanes) is 4. The van der Waals surface area contributed by atoms with Gasteiger partial charge in [0.2, 0.25) is 5.91 Å². The topological polar surface area (TPSA) is 120 Å². The van der Waals surface area contributed by atoms with Crippen molar-refractivity contribution in [2.24, 2.45) is 0 Å². The Morgan fingerprint density at radius 2 is 1.75 bits per heavy atom. The maximum absolute atomic E-state index is 13.4. The smallest absolute Gasteiger partial charge is 0.345 e. The molecular formula is C30H39N3O7. The molecule has 2 aromatic rings. The van der Waals surface area contributed by atoms with E-state index in [1.165, 1.54) is 18.2 Å². The second-order valence-corrected chi connectivity index (χ2v) is 10.3. The first-order valence-corrected chi connectivity index (χ1v) is 14.3. The number of hydrogen-bond donors (Lipinski definition) is 1. The third-order valence-corrected chi connectivity index (χ3v) is 7.32.